The van der Waals surface area contributed by atoms with Gasteiger partial charge in [0.05, 0.1) is 11.4 Å². The van der Waals surface area contributed by atoms with Gasteiger partial charge in [0, 0.05) is 12.6 Å². The molecule has 0 aliphatic carbocycles. The number of anilines is 1. The molecule has 0 spiro atoms. The summed E-state index contributed by atoms with van der Waals surface area (Å²) in [4.78, 5) is 0. The van der Waals surface area contributed by atoms with E-state index in [-0.39, 0.29) is 12.3 Å². The van der Waals surface area contributed by atoms with Crippen molar-refractivity contribution in [1.82, 2.24) is 0 Å². The third kappa shape index (κ3) is 2.85. The first kappa shape index (κ1) is 13.0. The Kier molecular flexibility index (Phi) is 3.63. The van der Waals surface area contributed by atoms with E-state index in [0.717, 1.165) is 5.56 Å². The molecule has 6 nitrogen and oxygen atoms in total. The predicted molar refractivity (Wildman–Crippen MR) is 68.6 cm³/mol. The SMILES string of the molecule is Cc1cc2c(cc1NS(=O)(=O)CCN)OCCO2. The summed E-state index contributed by atoms with van der Waals surface area (Å²) in [5, 5.41) is 0. The molecule has 2 rings (SSSR count). The molecule has 1 aliphatic heterocycles. The van der Waals surface area contributed by atoms with E-state index in [9.17, 15) is 8.42 Å². The number of nitrogens with one attached hydrogen (secondary N) is 1. The van der Waals surface area contributed by atoms with Crippen LogP contribution in [0, 0.1) is 6.92 Å². The van der Waals surface area contributed by atoms with Gasteiger partial charge in [-0.25, -0.2) is 8.42 Å². The fraction of sp³-hybridized carbons (Fsp3) is 0.455. The van der Waals surface area contributed by atoms with Crippen LogP contribution in [0.4, 0.5) is 5.69 Å². The molecule has 1 aromatic rings. The van der Waals surface area contributed by atoms with E-state index in [1.54, 1.807) is 19.1 Å². The van der Waals surface area contributed by atoms with E-state index < -0.39 is 10.0 Å². The molecule has 1 aromatic carbocycles. The molecular weight excluding hydrogens is 256 g/mol. The third-order valence-electron chi connectivity index (χ3n) is 2.54. The van der Waals surface area contributed by atoms with E-state index in [2.05, 4.69) is 4.72 Å². The minimum absolute atomic E-state index is 0.0823. The van der Waals surface area contributed by atoms with Crippen LogP contribution in [-0.4, -0.2) is 33.9 Å². The number of ether oxygens (including phenoxy) is 2. The Bertz CT molecular complexity index is 542. The van der Waals surface area contributed by atoms with Gasteiger partial charge in [-0.15, -0.1) is 0 Å². The summed E-state index contributed by atoms with van der Waals surface area (Å²) in [7, 11) is -3.41. The van der Waals surface area contributed by atoms with Crippen molar-refractivity contribution in [3.8, 4) is 11.5 Å². The maximum atomic E-state index is 11.7. The van der Waals surface area contributed by atoms with Crippen LogP contribution < -0.4 is 19.9 Å². The number of aryl methyl sites for hydroxylation is 1. The van der Waals surface area contributed by atoms with Crippen LogP contribution in [-0.2, 0) is 10.0 Å². The first-order chi connectivity index (χ1) is 8.52. The second-order valence-electron chi connectivity index (χ2n) is 4.02. The van der Waals surface area contributed by atoms with E-state index in [1.807, 2.05) is 0 Å². The fourth-order valence-corrected chi connectivity index (χ4v) is 2.64. The lowest BCUT2D eigenvalue weighted by molar-refractivity contribution is 0.171. The van der Waals surface area contributed by atoms with Gasteiger partial charge in [-0.2, -0.15) is 0 Å². The van der Waals surface area contributed by atoms with Crippen molar-refractivity contribution >= 4 is 15.7 Å². The lowest BCUT2D eigenvalue weighted by Gasteiger charge is -2.20. The quantitative estimate of drug-likeness (QED) is 0.831. The van der Waals surface area contributed by atoms with Crippen LogP contribution in [0.3, 0.4) is 0 Å². The number of hydrogen-bond acceptors (Lipinski definition) is 5. The molecule has 1 heterocycles. The second-order valence-corrected chi connectivity index (χ2v) is 5.86. The number of nitrogens with two attached hydrogens (primary N) is 1. The van der Waals surface area contributed by atoms with E-state index in [4.69, 9.17) is 15.2 Å². The van der Waals surface area contributed by atoms with Gasteiger partial charge in [-0.3, -0.25) is 4.72 Å². The molecule has 0 amide bonds. The summed E-state index contributed by atoms with van der Waals surface area (Å²) >= 11 is 0. The van der Waals surface area contributed by atoms with E-state index in [1.165, 1.54) is 0 Å². The van der Waals surface area contributed by atoms with Gasteiger partial charge in [0.15, 0.2) is 11.5 Å². The molecule has 0 aromatic heterocycles. The number of rotatable bonds is 4. The van der Waals surface area contributed by atoms with Gasteiger partial charge >= 0.3 is 0 Å². The van der Waals surface area contributed by atoms with Crippen molar-refractivity contribution in [2.75, 3.05) is 30.2 Å². The molecule has 100 valence electrons. The Labute approximate surface area is 106 Å². The monoisotopic (exact) mass is 272 g/mol. The van der Waals surface area contributed by atoms with Crippen molar-refractivity contribution in [2.45, 2.75) is 6.92 Å². The topological polar surface area (TPSA) is 90.7 Å². The Hall–Kier alpha value is -1.47. The van der Waals surface area contributed by atoms with Crippen LogP contribution in [0.5, 0.6) is 11.5 Å². The largest absolute Gasteiger partial charge is 0.486 e. The minimum Gasteiger partial charge on any atom is -0.486 e. The smallest absolute Gasteiger partial charge is 0.233 e. The fourth-order valence-electron chi connectivity index (χ4n) is 1.67. The maximum Gasteiger partial charge on any atom is 0.233 e. The molecule has 0 atom stereocenters. The zero-order valence-electron chi connectivity index (χ0n) is 10.1. The lowest BCUT2D eigenvalue weighted by Crippen LogP contribution is -2.23. The number of benzene rings is 1. The third-order valence-corrected chi connectivity index (χ3v) is 3.85. The summed E-state index contributed by atoms with van der Waals surface area (Å²) in [5.41, 5.74) is 6.52. The average molecular weight is 272 g/mol. The van der Waals surface area contributed by atoms with Gasteiger partial charge in [-0.1, -0.05) is 0 Å². The molecule has 0 fully saturated rings. The highest BCUT2D eigenvalue weighted by Gasteiger charge is 2.17. The average Bonchev–Trinajstić information content (AvgIpc) is 2.29. The molecule has 3 N–H and O–H groups in total. The number of fused-ring (bicyclic) bond motifs is 1. The highest BCUT2D eigenvalue weighted by molar-refractivity contribution is 7.92. The van der Waals surface area contributed by atoms with Gasteiger partial charge in [0.25, 0.3) is 0 Å². The predicted octanol–water partition coefficient (Wildman–Crippen LogP) is 0.467. The van der Waals surface area contributed by atoms with Gasteiger partial charge in [0.1, 0.15) is 13.2 Å². The van der Waals surface area contributed by atoms with Crippen LogP contribution in [0.15, 0.2) is 12.1 Å². The number of hydrogen-bond donors (Lipinski definition) is 2. The summed E-state index contributed by atoms with van der Waals surface area (Å²) in [5.74, 6) is 1.08. The Morgan fingerprint density at radius 1 is 1.28 bits per heavy atom. The molecule has 18 heavy (non-hydrogen) atoms. The van der Waals surface area contributed by atoms with Crippen molar-refractivity contribution in [2.24, 2.45) is 5.73 Å². The van der Waals surface area contributed by atoms with Crippen LogP contribution >= 0.6 is 0 Å². The minimum atomic E-state index is -3.41. The summed E-state index contributed by atoms with van der Waals surface area (Å²) in [6.45, 7) is 2.85. The zero-order chi connectivity index (χ0) is 13.2. The zero-order valence-corrected chi connectivity index (χ0v) is 10.9. The van der Waals surface area contributed by atoms with Gasteiger partial charge in [0.2, 0.25) is 10.0 Å². The second kappa shape index (κ2) is 5.03. The Balaban J connectivity index is 2.29. The van der Waals surface area contributed by atoms with Crippen LogP contribution in [0.25, 0.3) is 0 Å². The Morgan fingerprint density at radius 3 is 2.50 bits per heavy atom. The van der Waals surface area contributed by atoms with Crippen LogP contribution in [0.2, 0.25) is 0 Å². The first-order valence-electron chi connectivity index (χ1n) is 5.62. The molecule has 0 unspecified atom stereocenters. The molecule has 7 heteroatoms. The van der Waals surface area contributed by atoms with Crippen LogP contribution in [0.1, 0.15) is 5.56 Å². The van der Waals surface area contributed by atoms with E-state index >= 15 is 0 Å². The van der Waals surface area contributed by atoms with Gasteiger partial charge < -0.3 is 15.2 Å². The standard InChI is InChI=1S/C11H16N2O4S/c1-8-6-10-11(17-4-3-16-10)7-9(8)13-18(14,15)5-2-12/h6-7,13H,2-5,12H2,1H3. The normalized spacial score (nSPS) is 14.3. The highest BCUT2D eigenvalue weighted by atomic mass is 32.2. The maximum absolute atomic E-state index is 11.7. The first-order valence-corrected chi connectivity index (χ1v) is 7.28. The summed E-state index contributed by atoms with van der Waals surface area (Å²) in [6, 6.07) is 3.40. The summed E-state index contributed by atoms with van der Waals surface area (Å²) in [6.07, 6.45) is 0. The number of sulfonamides is 1. The van der Waals surface area contributed by atoms with E-state index in [0.29, 0.717) is 30.4 Å². The van der Waals surface area contributed by atoms with Crippen molar-refractivity contribution < 1.29 is 17.9 Å². The van der Waals surface area contributed by atoms with Crippen molar-refractivity contribution in [3.05, 3.63) is 17.7 Å². The molecular formula is C11H16N2O4S. The molecule has 1 aliphatic rings. The lowest BCUT2D eigenvalue weighted by atomic mass is 10.2. The highest BCUT2D eigenvalue weighted by Crippen LogP contribution is 2.35. The molecule has 0 saturated heterocycles. The molecule has 0 saturated carbocycles. The molecule has 0 radical (unpaired) electrons. The van der Waals surface area contributed by atoms with Gasteiger partial charge in [-0.05, 0) is 18.6 Å². The Morgan fingerprint density at radius 2 is 1.89 bits per heavy atom. The summed E-state index contributed by atoms with van der Waals surface area (Å²) < 4.78 is 36.6. The van der Waals surface area contributed by atoms with Crippen molar-refractivity contribution in [1.29, 1.82) is 0 Å². The molecule has 0 bridgehead atoms. The van der Waals surface area contributed by atoms with Crippen molar-refractivity contribution in [3.63, 3.8) is 0 Å².